The summed E-state index contributed by atoms with van der Waals surface area (Å²) in [5.41, 5.74) is 14.3. The summed E-state index contributed by atoms with van der Waals surface area (Å²) in [5.74, 6) is 0.868. The van der Waals surface area contributed by atoms with Crippen LogP contribution in [-0.2, 0) is 24.3 Å². The van der Waals surface area contributed by atoms with E-state index in [9.17, 15) is 9.59 Å². The minimum atomic E-state index is -0.282. The summed E-state index contributed by atoms with van der Waals surface area (Å²) in [7, 11) is 0. The van der Waals surface area contributed by atoms with E-state index in [1.54, 1.807) is 10.9 Å². The zero-order valence-electron chi connectivity index (χ0n) is 40.7. The molecule has 2 bridgehead atoms. The first kappa shape index (κ1) is 44.9. The SMILES string of the molecule is CCn1nccc1-c1ccc(CNN(CCCCC=O)n2cc3c(n2)c(=O)[nH]c2cc(CC4c5cccc(F)c5-c5c(C6CC6)cc6c(N7CC8CC7CN8)nc(OC7CCCCC7)nc6c54)ccc23)cc1. The molecule has 15 heteroatoms. The van der Waals surface area contributed by atoms with Crippen LogP contribution in [0.4, 0.5) is 10.2 Å². The number of benzene rings is 4. The molecular formula is C57H60FN11O3. The second-order valence-electron chi connectivity index (χ2n) is 20.7. The number of halogens is 1. The molecule has 0 radical (unpaired) electrons. The number of aromatic amines is 1. The number of carbonyl (C=O) groups is 1. The van der Waals surface area contributed by atoms with Gasteiger partial charge in [0.15, 0.2) is 5.52 Å². The highest BCUT2D eigenvalue weighted by atomic mass is 19.1. The Bertz CT molecular complexity index is 3430. The second-order valence-corrected chi connectivity index (χ2v) is 20.7. The van der Waals surface area contributed by atoms with Crippen LogP contribution in [0.2, 0.25) is 0 Å². The van der Waals surface area contributed by atoms with Crippen LogP contribution in [0.25, 0.3) is 55.1 Å². The third-order valence-electron chi connectivity index (χ3n) is 16.1. The van der Waals surface area contributed by atoms with E-state index in [-0.39, 0.29) is 23.4 Å². The molecule has 5 aliphatic rings. The van der Waals surface area contributed by atoms with Gasteiger partial charge in [0.1, 0.15) is 24.0 Å². The molecule has 0 spiro atoms. The summed E-state index contributed by atoms with van der Waals surface area (Å²) in [5, 5.41) is 17.5. The van der Waals surface area contributed by atoms with E-state index in [2.05, 4.69) is 87.2 Å². The number of piperazine rings is 1. The van der Waals surface area contributed by atoms with Gasteiger partial charge in [-0.2, -0.15) is 19.9 Å². The Morgan fingerprint density at radius 3 is 2.56 bits per heavy atom. The Kier molecular flexibility index (Phi) is 11.6. The molecule has 6 heterocycles. The molecule has 2 saturated heterocycles. The van der Waals surface area contributed by atoms with Gasteiger partial charge >= 0.3 is 6.01 Å². The number of carbonyl (C=O) groups excluding carboxylic acids is 1. The van der Waals surface area contributed by atoms with Crippen LogP contribution in [0, 0.1) is 5.82 Å². The van der Waals surface area contributed by atoms with Crippen LogP contribution in [0.1, 0.15) is 117 Å². The molecule has 4 aromatic carbocycles. The van der Waals surface area contributed by atoms with Crippen LogP contribution < -0.4 is 31.1 Å². The fourth-order valence-corrected chi connectivity index (χ4v) is 12.4. The van der Waals surface area contributed by atoms with E-state index in [0.717, 1.165) is 150 Å². The molecule has 2 saturated carbocycles. The maximum Gasteiger partial charge on any atom is 0.319 e. The molecule has 3 aliphatic carbocycles. The number of aromatic nitrogens is 7. The quantitative estimate of drug-likeness (QED) is 0.0455. The third-order valence-corrected chi connectivity index (χ3v) is 16.1. The summed E-state index contributed by atoms with van der Waals surface area (Å²) < 4.78 is 25.3. The molecule has 2 aliphatic heterocycles. The number of hydrazine groups is 1. The van der Waals surface area contributed by atoms with Gasteiger partial charge in [-0.3, -0.25) is 9.48 Å². The number of hydrogen-bond acceptors (Lipinski definition) is 11. The molecule has 3 atom stereocenters. The van der Waals surface area contributed by atoms with Crippen molar-refractivity contribution in [3.05, 3.63) is 129 Å². The van der Waals surface area contributed by atoms with Gasteiger partial charge in [0.25, 0.3) is 5.56 Å². The van der Waals surface area contributed by atoms with Crippen LogP contribution in [0.3, 0.4) is 0 Å². The number of aldehydes is 1. The molecule has 3 unspecified atom stereocenters. The van der Waals surface area contributed by atoms with Crippen molar-refractivity contribution in [3.63, 3.8) is 0 Å². The molecule has 368 valence electrons. The van der Waals surface area contributed by atoms with Crippen LogP contribution in [0.15, 0.2) is 90.0 Å². The number of nitrogens with zero attached hydrogens (tertiary/aromatic N) is 8. The van der Waals surface area contributed by atoms with E-state index >= 15 is 4.39 Å². The normalized spacial score (nSPS) is 19.5. The van der Waals surface area contributed by atoms with Crippen LogP contribution >= 0.6 is 0 Å². The zero-order chi connectivity index (χ0) is 48.5. The lowest BCUT2D eigenvalue weighted by molar-refractivity contribution is -0.107. The summed E-state index contributed by atoms with van der Waals surface area (Å²) in [6.07, 6.45) is 16.0. The minimum absolute atomic E-state index is 0.0718. The first-order valence-corrected chi connectivity index (χ1v) is 26.3. The standard InChI is InChI=1S/C57H60FN11O3/c1-2-67-49(22-23-60-67)37-17-14-34(15-18-37)30-61-68(24-7-4-8-25-70)69-33-46-41-21-16-35(27-48(41)62-56(71)54(46)65-69)26-44-42-12-9-13-47(58)50(42)51-43(36-19-20-36)29-45-53(52(44)51)63-57(72-40-10-5-3-6-11-40)64-55(45)66-32-38-28-39(66)31-59-38/h9,12-18,21-23,25,27,29,33,36,38-40,44,59,61H,2-8,10-11,19-20,24,26,28,30-32H2,1H3,(H,62,71). The summed E-state index contributed by atoms with van der Waals surface area (Å²) in [6, 6.07) is 25.8. The molecule has 4 aromatic heterocycles. The van der Waals surface area contributed by atoms with E-state index in [1.807, 2.05) is 34.3 Å². The molecule has 4 fully saturated rings. The van der Waals surface area contributed by atoms with Gasteiger partial charge in [0.2, 0.25) is 0 Å². The number of ether oxygens (including phenoxy) is 1. The predicted molar refractivity (Wildman–Crippen MR) is 279 cm³/mol. The van der Waals surface area contributed by atoms with Crippen molar-refractivity contribution >= 4 is 44.8 Å². The van der Waals surface area contributed by atoms with E-state index in [0.29, 0.717) is 66.5 Å². The van der Waals surface area contributed by atoms with Crippen molar-refractivity contribution < 1.29 is 13.9 Å². The number of unbranched alkanes of at least 4 members (excludes halogenated alkanes) is 2. The second kappa shape index (κ2) is 18.6. The Balaban J connectivity index is 0.862. The monoisotopic (exact) mass is 965 g/mol. The first-order valence-electron chi connectivity index (χ1n) is 26.3. The molecule has 72 heavy (non-hydrogen) atoms. The van der Waals surface area contributed by atoms with Crippen molar-refractivity contribution in [3.8, 4) is 28.4 Å². The van der Waals surface area contributed by atoms with Crippen molar-refractivity contribution in [1.82, 2.24) is 45.4 Å². The Hall–Kier alpha value is -6.97. The molecule has 14 nitrogen and oxygen atoms in total. The number of aryl methyl sites for hydroxylation is 1. The van der Waals surface area contributed by atoms with Gasteiger partial charge in [-0.1, -0.05) is 55.0 Å². The van der Waals surface area contributed by atoms with Gasteiger partial charge in [-0.15, -0.1) is 5.10 Å². The predicted octanol–water partition coefficient (Wildman–Crippen LogP) is 9.35. The number of hydrogen-bond donors (Lipinski definition) is 3. The van der Waals surface area contributed by atoms with Gasteiger partial charge in [-0.25, -0.2) is 14.9 Å². The summed E-state index contributed by atoms with van der Waals surface area (Å²) >= 11 is 0. The first-order chi connectivity index (χ1) is 35.4. The lowest BCUT2D eigenvalue weighted by Gasteiger charge is -2.31. The summed E-state index contributed by atoms with van der Waals surface area (Å²) in [4.78, 5) is 43.3. The maximum absolute atomic E-state index is 16.6. The van der Waals surface area contributed by atoms with Gasteiger partial charge in [0.05, 0.1) is 24.0 Å². The van der Waals surface area contributed by atoms with Gasteiger partial charge < -0.3 is 24.7 Å². The molecule has 13 rings (SSSR count). The molecule has 3 N–H and O–H groups in total. The largest absolute Gasteiger partial charge is 0.460 e. The number of rotatable bonds is 17. The highest BCUT2D eigenvalue weighted by molar-refractivity contribution is 6.04. The maximum atomic E-state index is 16.6. The van der Waals surface area contributed by atoms with Crippen molar-refractivity contribution in [2.75, 3.05) is 29.7 Å². The van der Waals surface area contributed by atoms with Gasteiger partial charge in [-0.05, 0) is 140 Å². The average molecular weight is 966 g/mol. The van der Waals surface area contributed by atoms with Crippen molar-refractivity contribution in [2.45, 2.75) is 127 Å². The minimum Gasteiger partial charge on any atom is -0.460 e. The smallest absolute Gasteiger partial charge is 0.319 e. The number of nitrogens with one attached hydrogen (secondary N) is 3. The lowest BCUT2D eigenvalue weighted by atomic mass is 9.87. The highest BCUT2D eigenvalue weighted by Crippen LogP contribution is 2.57. The van der Waals surface area contributed by atoms with Crippen LogP contribution in [0.5, 0.6) is 6.01 Å². The van der Waals surface area contributed by atoms with Crippen molar-refractivity contribution in [2.24, 2.45) is 0 Å². The summed E-state index contributed by atoms with van der Waals surface area (Å²) in [6.45, 7) is 5.76. The Morgan fingerprint density at radius 1 is 0.903 bits per heavy atom. The highest BCUT2D eigenvalue weighted by Gasteiger charge is 2.43. The number of fused-ring (bicyclic) bond motifs is 10. The fraction of sp³-hybridized carbons (Fsp3) is 0.404. The number of anilines is 1. The number of pyridine rings is 1. The molecule has 8 aromatic rings. The lowest BCUT2D eigenvalue weighted by Crippen LogP contribution is -2.47. The van der Waals surface area contributed by atoms with Crippen molar-refractivity contribution in [1.29, 1.82) is 0 Å². The van der Waals surface area contributed by atoms with Crippen LogP contribution in [-0.4, -0.2) is 78.7 Å². The molecular weight excluding hydrogens is 906 g/mol. The topological polar surface area (TPSA) is 151 Å². The van der Waals surface area contributed by atoms with E-state index < -0.39 is 0 Å². The fourth-order valence-electron chi connectivity index (χ4n) is 12.4. The van der Waals surface area contributed by atoms with E-state index in [1.165, 1.54) is 12.0 Å². The Morgan fingerprint density at radius 2 is 1.76 bits per heavy atom. The molecule has 0 amide bonds. The Labute approximate surface area is 416 Å². The average Bonchev–Trinajstić information content (AvgIpc) is 3.85. The zero-order valence-corrected chi connectivity index (χ0v) is 40.7. The number of H-pyrrole nitrogens is 1. The van der Waals surface area contributed by atoms with E-state index in [4.69, 9.17) is 19.8 Å². The van der Waals surface area contributed by atoms with Gasteiger partial charge in [0, 0.05) is 84.0 Å². The third kappa shape index (κ3) is 8.10.